The number of hydrogen-bond donors (Lipinski definition) is 1. The van der Waals surface area contributed by atoms with Crippen molar-refractivity contribution in [3.05, 3.63) is 40.4 Å². The standard InChI is InChI=1S/C13H18ClN3O/c1-3-11-13(14)12(17(4-2)15-11)8-16-6-5-10(7-16)9-18/h5-7,18H,3-4,8-9H2,1-2H3. The molecule has 0 atom stereocenters. The van der Waals surface area contributed by atoms with Gasteiger partial charge in [-0.25, -0.2) is 0 Å². The summed E-state index contributed by atoms with van der Waals surface area (Å²) in [6.07, 6.45) is 4.71. The van der Waals surface area contributed by atoms with Crippen LogP contribution >= 0.6 is 11.6 Å². The van der Waals surface area contributed by atoms with Crippen molar-refractivity contribution < 1.29 is 5.11 Å². The van der Waals surface area contributed by atoms with Crippen LogP contribution in [0.15, 0.2) is 18.5 Å². The number of halogens is 1. The second-order valence-electron chi connectivity index (χ2n) is 4.23. The maximum Gasteiger partial charge on any atom is 0.0868 e. The van der Waals surface area contributed by atoms with E-state index in [9.17, 15) is 0 Å². The third-order valence-electron chi connectivity index (χ3n) is 3.02. The summed E-state index contributed by atoms with van der Waals surface area (Å²) in [7, 11) is 0. The molecule has 0 aliphatic heterocycles. The summed E-state index contributed by atoms with van der Waals surface area (Å²) in [5.41, 5.74) is 2.88. The largest absolute Gasteiger partial charge is 0.392 e. The fourth-order valence-electron chi connectivity index (χ4n) is 2.02. The number of aliphatic hydroxyl groups excluding tert-OH is 1. The summed E-state index contributed by atoms with van der Waals surface area (Å²) in [4.78, 5) is 0. The highest BCUT2D eigenvalue weighted by Crippen LogP contribution is 2.22. The Balaban J connectivity index is 2.29. The van der Waals surface area contributed by atoms with Crippen molar-refractivity contribution in [3.63, 3.8) is 0 Å². The van der Waals surface area contributed by atoms with Crippen molar-refractivity contribution in [3.8, 4) is 0 Å². The second-order valence-corrected chi connectivity index (χ2v) is 4.60. The first-order valence-corrected chi connectivity index (χ1v) is 6.56. The Morgan fingerprint density at radius 1 is 1.39 bits per heavy atom. The Kier molecular flexibility index (Phi) is 4.09. The predicted octanol–water partition coefficient (Wildman–Crippen LogP) is 2.46. The van der Waals surface area contributed by atoms with Crippen LogP contribution in [0, 0.1) is 0 Å². The zero-order valence-electron chi connectivity index (χ0n) is 10.7. The van der Waals surface area contributed by atoms with Gasteiger partial charge >= 0.3 is 0 Å². The van der Waals surface area contributed by atoms with Gasteiger partial charge < -0.3 is 9.67 Å². The van der Waals surface area contributed by atoms with Crippen LogP contribution in [-0.4, -0.2) is 19.5 Å². The summed E-state index contributed by atoms with van der Waals surface area (Å²) in [5, 5.41) is 14.3. The van der Waals surface area contributed by atoms with Gasteiger partial charge in [0.15, 0.2) is 0 Å². The molecule has 0 aromatic carbocycles. The van der Waals surface area contributed by atoms with Crippen LogP contribution in [0.5, 0.6) is 0 Å². The van der Waals surface area contributed by atoms with Gasteiger partial charge in [-0.15, -0.1) is 0 Å². The smallest absolute Gasteiger partial charge is 0.0868 e. The minimum atomic E-state index is 0.0635. The lowest BCUT2D eigenvalue weighted by atomic mass is 10.3. The van der Waals surface area contributed by atoms with Crippen LogP contribution in [0.1, 0.15) is 30.8 Å². The van der Waals surface area contributed by atoms with Crippen molar-refractivity contribution in [1.29, 1.82) is 0 Å². The highest BCUT2D eigenvalue weighted by atomic mass is 35.5. The number of nitrogens with zero attached hydrogens (tertiary/aromatic N) is 3. The third-order valence-corrected chi connectivity index (χ3v) is 3.46. The van der Waals surface area contributed by atoms with E-state index in [1.54, 1.807) is 0 Å². The minimum Gasteiger partial charge on any atom is -0.392 e. The van der Waals surface area contributed by atoms with Crippen molar-refractivity contribution in [2.45, 2.75) is 40.0 Å². The van der Waals surface area contributed by atoms with Gasteiger partial charge in [0.25, 0.3) is 0 Å². The summed E-state index contributed by atoms with van der Waals surface area (Å²) in [6, 6.07) is 1.90. The molecule has 98 valence electrons. The molecule has 2 aromatic heterocycles. The number of aryl methyl sites for hydroxylation is 2. The molecule has 4 nitrogen and oxygen atoms in total. The Hall–Kier alpha value is -1.26. The highest BCUT2D eigenvalue weighted by Gasteiger charge is 2.14. The van der Waals surface area contributed by atoms with Gasteiger partial charge in [-0.05, 0) is 25.0 Å². The molecule has 0 bridgehead atoms. The fourth-order valence-corrected chi connectivity index (χ4v) is 2.35. The monoisotopic (exact) mass is 267 g/mol. The van der Waals surface area contributed by atoms with E-state index >= 15 is 0 Å². The first-order valence-electron chi connectivity index (χ1n) is 6.19. The highest BCUT2D eigenvalue weighted by molar-refractivity contribution is 6.31. The lowest BCUT2D eigenvalue weighted by Gasteiger charge is -2.06. The van der Waals surface area contributed by atoms with E-state index in [1.165, 1.54) is 0 Å². The van der Waals surface area contributed by atoms with Gasteiger partial charge in [0.05, 0.1) is 29.6 Å². The van der Waals surface area contributed by atoms with Gasteiger partial charge in [0.2, 0.25) is 0 Å². The maximum absolute atomic E-state index is 9.06. The maximum atomic E-state index is 9.06. The lowest BCUT2D eigenvalue weighted by molar-refractivity contribution is 0.281. The molecule has 2 rings (SSSR count). The molecule has 0 amide bonds. The van der Waals surface area contributed by atoms with Crippen LogP contribution in [-0.2, 0) is 26.1 Å². The average molecular weight is 268 g/mol. The van der Waals surface area contributed by atoms with Gasteiger partial charge in [0, 0.05) is 18.9 Å². The average Bonchev–Trinajstić information content (AvgIpc) is 2.96. The second kappa shape index (κ2) is 5.59. The summed E-state index contributed by atoms with van der Waals surface area (Å²) in [6.45, 7) is 5.66. The minimum absolute atomic E-state index is 0.0635. The molecule has 0 aliphatic rings. The van der Waals surface area contributed by atoms with Crippen LogP contribution in [0.2, 0.25) is 5.02 Å². The van der Waals surface area contributed by atoms with Crippen LogP contribution < -0.4 is 0 Å². The van der Waals surface area contributed by atoms with Crippen LogP contribution in [0.4, 0.5) is 0 Å². The van der Waals surface area contributed by atoms with Crippen molar-refractivity contribution in [1.82, 2.24) is 14.3 Å². The molecule has 0 aliphatic carbocycles. The SMILES string of the molecule is CCc1nn(CC)c(Cn2ccc(CO)c2)c1Cl. The number of aromatic nitrogens is 3. The number of hydrogen-bond acceptors (Lipinski definition) is 2. The molecule has 0 fully saturated rings. The van der Waals surface area contributed by atoms with E-state index in [0.29, 0.717) is 6.54 Å². The number of aliphatic hydroxyl groups is 1. The summed E-state index contributed by atoms with van der Waals surface area (Å²) >= 11 is 6.35. The van der Waals surface area contributed by atoms with Crippen molar-refractivity contribution in [2.75, 3.05) is 0 Å². The normalized spacial score (nSPS) is 11.1. The van der Waals surface area contributed by atoms with E-state index in [2.05, 4.69) is 18.9 Å². The molecular formula is C13H18ClN3O. The van der Waals surface area contributed by atoms with Crippen LogP contribution in [0.3, 0.4) is 0 Å². The molecular weight excluding hydrogens is 250 g/mol. The lowest BCUT2D eigenvalue weighted by Crippen LogP contribution is -2.07. The summed E-state index contributed by atoms with van der Waals surface area (Å²) < 4.78 is 3.96. The Morgan fingerprint density at radius 3 is 2.72 bits per heavy atom. The molecule has 2 heterocycles. The zero-order chi connectivity index (χ0) is 13.1. The molecule has 0 unspecified atom stereocenters. The number of rotatable bonds is 5. The van der Waals surface area contributed by atoms with E-state index < -0.39 is 0 Å². The van der Waals surface area contributed by atoms with E-state index in [0.717, 1.165) is 34.9 Å². The zero-order valence-corrected chi connectivity index (χ0v) is 11.5. The first kappa shape index (κ1) is 13.2. The molecule has 2 aromatic rings. The fraction of sp³-hybridized carbons (Fsp3) is 0.462. The quantitative estimate of drug-likeness (QED) is 0.904. The molecule has 5 heteroatoms. The van der Waals surface area contributed by atoms with Gasteiger partial charge in [-0.3, -0.25) is 4.68 Å². The topological polar surface area (TPSA) is 43.0 Å². The van der Waals surface area contributed by atoms with Crippen molar-refractivity contribution >= 4 is 11.6 Å². The molecule has 0 spiro atoms. The summed E-state index contributed by atoms with van der Waals surface area (Å²) in [5.74, 6) is 0. The molecule has 0 radical (unpaired) electrons. The third kappa shape index (κ3) is 2.44. The first-order chi connectivity index (χ1) is 8.69. The Morgan fingerprint density at radius 2 is 2.17 bits per heavy atom. The molecule has 18 heavy (non-hydrogen) atoms. The Bertz CT molecular complexity index is 530. The van der Waals surface area contributed by atoms with Gasteiger partial charge in [-0.2, -0.15) is 5.10 Å². The van der Waals surface area contributed by atoms with E-state index in [-0.39, 0.29) is 6.61 Å². The molecule has 0 saturated heterocycles. The molecule has 0 saturated carbocycles. The van der Waals surface area contributed by atoms with Gasteiger partial charge in [0.1, 0.15) is 0 Å². The van der Waals surface area contributed by atoms with Gasteiger partial charge in [-0.1, -0.05) is 18.5 Å². The molecule has 1 N–H and O–H groups in total. The Labute approximate surface area is 112 Å². The predicted molar refractivity (Wildman–Crippen MR) is 71.7 cm³/mol. The van der Waals surface area contributed by atoms with Crippen molar-refractivity contribution in [2.24, 2.45) is 0 Å². The van der Waals surface area contributed by atoms with E-state index in [4.69, 9.17) is 16.7 Å². The van der Waals surface area contributed by atoms with E-state index in [1.807, 2.05) is 27.7 Å². The van der Waals surface area contributed by atoms with Crippen LogP contribution in [0.25, 0.3) is 0 Å².